The SMILES string of the molecule is CN(C)c1ccc(Nc2cnc(C(=O)NC3CCCC3)cn2)cc1. The first-order valence-electron chi connectivity index (χ1n) is 8.29. The lowest BCUT2D eigenvalue weighted by molar-refractivity contribution is 0.0932. The van der Waals surface area contributed by atoms with E-state index in [4.69, 9.17) is 0 Å². The smallest absolute Gasteiger partial charge is 0.271 e. The summed E-state index contributed by atoms with van der Waals surface area (Å²) in [6.07, 6.45) is 7.59. The Labute approximate surface area is 142 Å². The van der Waals surface area contributed by atoms with Crippen molar-refractivity contribution in [2.75, 3.05) is 24.3 Å². The molecule has 1 heterocycles. The first-order valence-corrected chi connectivity index (χ1v) is 8.29. The van der Waals surface area contributed by atoms with Crippen LogP contribution < -0.4 is 15.5 Å². The quantitative estimate of drug-likeness (QED) is 0.884. The molecule has 0 spiro atoms. The van der Waals surface area contributed by atoms with E-state index in [0.717, 1.165) is 24.2 Å². The van der Waals surface area contributed by atoms with Gasteiger partial charge in [-0.15, -0.1) is 0 Å². The minimum atomic E-state index is -0.142. The molecule has 1 aromatic carbocycles. The maximum absolute atomic E-state index is 12.1. The van der Waals surface area contributed by atoms with E-state index in [1.807, 2.05) is 43.3 Å². The molecule has 0 aliphatic heterocycles. The first-order chi connectivity index (χ1) is 11.6. The minimum Gasteiger partial charge on any atom is -0.378 e. The Morgan fingerprint density at radius 1 is 1.08 bits per heavy atom. The van der Waals surface area contributed by atoms with Crippen LogP contribution in [-0.2, 0) is 0 Å². The van der Waals surface area contributed by atoms with E-state index in [1.54, 1.807) is 6.20 Å². The molecule has 2 aromatic rings. The van der Waals surface area contributed by atoms with Gasteiger partial charge in [0.25, 0.3) is 5.91 Å². The van der Waals surface area contributed by atoms with Crippen LogP contribution in [0.4, 0.5) is 17.2 Å². The van der Waals surface area contributed by atoms with Gasteiger partial charge in [-0.05, 0) is 37.1 Å². The van der Waals surface area contributed by atoms with Crippen LogP contribution in [-0.4, -0.2) is 36.0 Å². The van der Waals surface area contributed by atoms with Crippen LogP contribution in [0, 0.1) is 0 Å². The number of carbonyl (C=O) groups excluding carboxylic acids is 1. The second-order valence-electron chi connectivity index (χ2n) is 6.31. The number of hydrogen-bond acceptors (Lipinski definition) is 5. The largest absolute Gasteiger partial charge is 0.378 e. The molecule has 1 aliphatic rings. The molecule has 0 atom stereocenters. The zero-order chi connectivity index (χ0) is 16.9. The van der Waals surface area contributed by atoms with Gasteiger partial charge >= 0.3 is 0 Å². The Bertz CT molecular complexity index is 676. The highest BCUT2D eigenvalue weighted by Gasteiger charge is 2.18. The van der Waals surface area contributed by atoms with E-state index in [9.17, 15) is 4.79 Å². The van der Waals surface area contributed by atoms with Crippen LogP contribution in [0.2, 0.25) is 0 Å². The van der Waals surface area contributed by atoms with Crippen molar-refractivity contribution in [3.8, 4) is 0 Å². The Morgan fingerprint density at radius 2 is 1.79 bits per heavy atom. The fraction of sp³-hybridized carbons (Fsp3) is 0.389. The summed E-state index contributed by atoms with van der Waals surface area (Å²) in [5.74, 6) is 0.473. The number of nitrogens with one attached hydrogen (secondary N) is 2. The van der Waals surface area contributed by atoms with Crippen LogP contribution in [0.5, 0.6) is 0 Å². The molecule has 126 valence electrons. The Hall–Kier alpha value is -2.63. The molecule has 0 saturated heterocycles. The third-order valence-corrected chi connectivity index (χ3v) is 4.23. The summed E-state index contributed by atoms with van der Waals surface area (Å²) < 4.78 is 0. The molecule has 0 radical (unpaired) electrons. The summed E-state index contributed by atoms with van der Waals surface area (Å²) in [5, 5.41) is 6.20. The predicted octanol–water partition coefficient (Wildman–Crippen LogP) is 2.96. The van der Waals surface area contributed by atoms with Gasteiger partial charge in [-0.25, -0.2) is 9.97 Å². The van der Waals surface area contributed by atoms with E-state index in [-0.39, 0.29) is 11.9 Å². The average molecular weight is 325 g/mol. The van der Waals surface area contributed by atoms with Crippen molar-refractivity contribution >= 4 is 23.1 Å². The van der Waals surface area contributed by atoms with E-state index >= 15 is 0 Å². The average Bonchev–Trinajstić information content (AvgIpc) is 3.09. The molecule has 1 aromatic heterocycles. The van der Waals surface area contributed by atoms with Gasteiger partial charge in [0.15, 0.2) is 0 Å². The molecule has 1 fully saturated rings. The fourth-order valence-corrected chi connectivity index (χ4v) is 2.83. The van der Waals surface area contributed by atoms with Gasteiger partial charge in [-0.3, -0.25) is 4.79 Å². The van der Waals surface area contributed by atoms with Gasteiger partial charge in [-0.2, -0.15) is 0 Å². The van der Waals surface area contributed by atoms with Gasteiger partial charge in [0.1, 0.15) is 11.5 Å². The third-order valence-electron chi connectivity index (χ3n) is 4.23. The van der Waals surface area contributed by atoms with Crippen molar-refractivity contribution in [3.63, 3.8) is 0 Å². The zero-order valence-corrected chi connectivity index (χ0v) is 14.1. The van der Waals surface area contributed by atoms with Gasteiger partial charge in [0, 0.05) is 31.5 Å². The predicted molar refractivity (Wildman–Crippen MR) is 95.8 cm³/mol. The number of amides is 1. The molecule has 1 amide bonds. The summed E-state index contributed by atoms with van der Waals surface area (Å²) in [4.78, 5) is 22.7. The van der Waals surface area contributed by atoms with E-state index in [1.165, 1.54) is 19.0 Å². The summed E-state index contributed by atoms with van der Waals surface area (Å²) in [6.45, 7) is 0. The second-order valence-corrected chi connectivity index (χ2v) is 6.31. The van der Waals surface area contributed by atoms with Crippen molar-refractivity contribution < 1.29 is 4.79 Å². The highest BCUT2D eigenvalue weighted by atomic mass is 16.1. The number of aromatic nitrogens is 2. The molecule has 1 aliphatic carbocycles. The lowest BCUT2D eigenvalue weighted by Crippen LogP contribution is -2.33. The number of nitrogens with zero attached hydrogens (tertiary/aromatic N) is 3. The first kappa shape index (κ1) is 16.2. The molecule has 1 saturated carbocycles. The van der Waals surface area contributed by atoms with Gasteiger partial charge in [-0.1, -0.05) is 12.8 Å². The molecular weight excluding hydrogens is 302 g/mol. The lowest BCUT2D eigenvalue weighted by Gasteiger charge is -2.13. The van der Waals surface area contributed by atoms with E-state index in [0.29, 0.717) is 11.5 Å². The minimum absolute atomic E-state index is 0.142. The van der Waals surface area contributed by atoms with Gasteiger partial charge < -0.3 is 15.5 Å². The summed E-state index contributed by atoms with van der Waals surface area (Å²) >= 11 is 0. The lowest BCUT2D eigenvalue weighted by atomic mass is 10.2. The van der Waals surface area contributed by atoms with Crippen molar-refractivity contribution in [2.45, 2.75) is 31.7 Å². The van der Waals surface area contributed by atoms with Crippen LogP contribution >= 0.6 is 0 Å². The van der Waals surface area contributed by atoms with Crippen LogP contribution in [0.15, 0.2) is 36.7 Å². The van der Waals surface area contributed by atoms with E-state index in [2.05, 4.69) is 20.6 Å². The third kappa shape index (κ3) is 4.01. The highest BCUT2D eigenvalue weighted by Crippen LogP contribution is 2.19. The monoisotopic (exact) mass is 325 g/mol. The zero-order valence-electron chi connectivity index (χ0n) is 14.1. The highest BCUT2D eigenvalue weighted by molar-refractivity contribution is 5.92. The molecule has 0 unspecified atom stereocenters. The molecule has 24 heavy (non-hydrogen) atoms. The summed E-state index contributed by atoms with van der Waals surface area (Å²) in [6, 6.07) is 8.31. The molecule has 0 bridgehead atoms. The van der Waals surface area contributed by atoms with Gasteiger partial charge in [0.2, 0.25) is 0 Å². The second kappa shape index (κ2) is 7.29. The number of rotatable bonds is 5. The fourth-order valence-electron chi connectivity index (χ4n) is 2.83. The van der Waals surface area contributed by atoms with E-state index < -0.39 is 0 Å². The van der Waals surface area contributed by atoms with Crippen molar-refractivity contribution in [1.82, 2.24) is 15.3 Å². The molecule has 2 N–H and O–H groups in total. The van der Waals surface area contributed by atoms with Crippen LogP contribution in [0.3, 0.4) is 0 Å². The Balaban J connectivity index is 1.60. The normalized spacial score (nSPS) is 14.4. The van der Waals surface area contributed by atoms with Crippen molar-refractivity contribution in [2.24, 2.45) is 0 Å². The number of benzene rings is 1. The molecule has 3 rings (SSSR count). The van der Waals surface area contributed by atoms with Crippen molar-refractivity contribution in [1.29, 1.82) is 0 Å². The van der Waals surface area contributed by atoms with Crippen molar-refractivity contribution in [3.05, 3.63) is 42.4 Å². The molecule has 6 heteroatoms. The van der Waals surface area contributed by atoms with Gasteiger partial charge in [0.05, 0.1) is 12.4 Å². The number of hydrogen-bond donors (Lipinski definition) is 2. The Morgan fingerprint density at radius 3 is 2.38 bits per heavy atom. The number of anilines is 3. The maximum Gasteiger partial charge on any atom is 0.271 e. The standard InChI is InChI=1S/C18H23N5O/c1-23(2)15-9-7-14(8-10-15)21-17-12-19-16(11-20-17)18(24)22-13-5-3-4-6-13/h7-13H,3-6H2,1-2H3,(H,20,21)(H,22,24). The van der Waals surface area contributed by atoms with Crippen LogP contribution in [0.25, 0.3) is 0 Å². The Kier molecular flexibility index (Phi) is 4.93. The molecule has 6 nitrogen and oxygen atoms in total. The van der Waals surface area contributed by atoms with Crippen LogP contribution in [0.1, 0.15) is 36.2 Å². The summed E-state index contributed by atoms with van der Waals surface area (Å²) in [5.41, 5.74) is 2.42. The maximum atomic E-state index is 12.1. The summed E-state index contributed by atoms with van der Waals surface area (Å²) in [7, 11) is 4.01. The number of carbonyl (C=O) groups is 1. The molecular formula is C18H23N5O. The topological polar surface area (TPSA) is 70.2 Å².